The van der Waals surface area contributed by atoms with Gasteiger partial charge in [-0.3, -0.25) is 0 Å². The molecule has 0 aliphatic heterocycles. The van der Waals surface area contributed by atoms with Gasteiger partial charge >= 0.3 is 0 Å². The van der Waals surface area contributed by atoms with Crippen molar-refractivity contribution < 1.29 is 13.9 Å². The lowest BCUT2D eigenvalue weighted by Crippen LogP contribution is -2.05. The molecule has 24 heavy (non-hydrogen) atoms. The molecule has 4 aromatic rings. The van der Waals surface area contributed by atoms with Gasteiger partial charge in [0.1, 0.15) is 17.3 Å². The van der Waals surface area contributed by atoms with Crippen molar-refractivity contribution in [1.29, 1.82) is 0 Å². The summed E-state index contributed by atoms with van der Waals surface area (Å²) in [5.74, 6) is -1.15. The van der Waals surface area contributed by atoms with E-state index in [0.717, 1.165) is 16.3 Å². The zero-order chi connectivity index (χ0) is 16.7. The second-order valence-electron chi connectivity index (χ2n) is 5.68. The molecular formula is C19H14F2N2O. The normalized spacial score (nSPS) is 11.5. The van der Waals surface area contributed by atoms with E-state index in [2.05, 4.69) is 4.98 Å². The molecule has 0 aliphatic rings. The Morgan fingerprint density at radius 3 is 2.46 bits per heavy atom. The van der Waals surface area contributed by atoms with Crippen molar-refractivity contribution in [3.05, 3.63) is 77.5 Å². The zero-order valence-corrected chi connectivity index (χ0v) is 12.7. The van der Waals surface area contributed by atoms with Crippen LogP contribution in [-0.4, -0.2) is 14.7 Å². The Morgan fingerprint density at radius 2 is 1.71 bits per heavy atom. The molecule has 0 saturated heterocycles. The molecule has 2 aromatic carbocycles. The van der Waals surface area contributed by atoms with Crippen molar-refractivity contribution in [2.24, 2.45) is 0 Å². The van der Waals surface area contributed by atoms with Crippen LogP contribution in [0.2, 0.25) is 0 Å². The molecule has 5 heteroatoms. The maximum atomic E-state index is 14.1. The molecule has 3 nitrogen and oxygen atoms in total. The van der Waals surface area contributed by atoms with Gasteiger partial charge in [0.25, 0.3) is 0 Å². The highest BCUT2D eigenvalue weighted by atomic mass is 19.1. The highest BCUT2D eigenvalue weighted by Crippen LogP contribution is 2.29. The first-order chi connectivity index (χ1) is 11.7. The van der Waals surface area contributed by atoms with E-state index in [1.54, 1.807) is 10.8 Å². The number of hydrogen-bond donors (Lipinski definition) is 1. The number of hydrogen-bond acceptors (Lipinski definition) is 2. The molecule has 0 spiro atoms. The van der Waals surface area contributed by atoms with E-state index in [1.165, 1.54) is 18.2 Å². The van der Waals surface area contributed by atoms with Crippen LogP contribution in [-0.2, 0) is 13.2 Å². The minimum Gasteiger partial charge on any atom is -0.392 e. The van der Waals surface area contributed by atoms with Crippen LogP contribution in [0.1, 0.15) is 11.1 Å². The molecule has 120 valence electrons. The Balaban J connectivity index is 2.00. The first-order valence-electron chi connectivity index (χ1n) is 7.58. The lowest BCUT2D eigenvalue weighted by molar-refractivity contribution is 0.281. The van der Waals surface area contributed by atoms with Gasteiger partial charge in [0.05, 0.1) is 18.7 Å². The predicted molar refractivity (Wildman–Crippen MR) is 88.6 cm³/mol. The minimum absolute atomic E-state index is 0.00758. The van der Waals surface area contributed by atoms with Crippen molar-refractivity contribution in [2.45, 2.75) is 13.2 Å². The average Bonchev–Trinajstić information content (AvgIpc) is 2.91. The molecule has 0 aliphatic carbocycles. The third kappa shape index (κ3) is 2.25. The van der Waals surface area contributed by atoms with Crippen LogP contribution in [0.3, 0.4) is 0 Å². The fourth-order valence-corrected chi connectivity index (χ4v) is 3.05. The van der Waals surface area contributed by atoms with E-state index in [0.29, 0.717) is 11.2 Å². The van der Waals surface area contributed by atoms with Gasteiger partial charge in [0.15, 0.2) is 0 Å². The standard InChI is InChI=1S/C19H14F2N2O/c20-16-5-3-6-17(21)15(16)10-23-18-7-2-1-4-13(18)14-8-12(11-24)9-22-19(14)23/h1-9,24H,10-11H2. The van der Waals surface area contributed by atoms with Gasteiger partial charge in [0, 0.05) is 22.5 Å². The van der Waals surface area contributed by atoms with Crippen LogP contribution < -0.4 is 0 Å². The SMILES string of the molecule is OCc1cnc2c(c1)c1ccccc1n2Cc1c(F)cccc1F. The number of halogens is 2. The maximum absolute atomic E-state index is 14.1. The van der Waals surface area contributed by atoms with Gasteiger partial charge < -0.3 is 9.67 Å². The summed E-state index contributed by atoms with van der Waals surface area (Å²) in [5.41, 5.74) is 2.18. The fraction of sp³-hybridized carbons (Fsp3) is 0.105. The predicted octanol–water partition coefficient (Wildman–Crippen LogP) is 4.01. The van der Waals surface area contributed by atoms with E-state index >= 15 is 0 Å². The van der Waals surface area contributed by atoms with Gasteiger partial charge in [0.2, 0.25) is 0 Å². The van der Waals surface area contributed by atoms with Crippen LogP contribution in [0.25, 0.3) is 21.9 Å². The van der Waals surface area contributed by atoms with Crippen LogP contribution in [0.5, 0.6) is 0 Å². The molecule has 4 rings (SSSR count). The number of aliphatic hydroxyl groups is 1. The van der Waals surface area contributed by atoms with E-state index < -0.39 is 11.6 Å². The van der Waals surface area contributed by atoms with E-state index in [1.807, 2.05) is 30.3 Å². The molecule has 0 bridgehead atoms. The number of rotatable bonds is 3. The molecule has 1 N–H and O–H groups in total. The monoisotopic (exact) mass is 324 g/mol. The molecule has 0 amide bonds. The van der Waals surface area contributed by atoms with Gasteiger partial charge in [-0.05, 0) is 29.8 Å². The quantitative estimate of drug-likeness (QED) is 0.618. The van der Waals surface area contributed by atoms with Crippen molar-refractivity contribution in [1.82, 2.24) is 9.55 Å². The summed E-state index contributed by atoms with van der Waals surface area (Å²) in [6.07, 6.45) is 1.58. The van der Waals surface area contributed by atoms with Gasteiger partial charge in [-0.25, -0.2) is 13.8 Å². The molecular weight excluding hydrogens is 310 g/mol. The largest absolute Gasteiger partial charge is 0.392 e. The molecule has 0 unspecified atom stereocenters. The lowest BCUT2D eigenvalue weighted by atomic mass is 10.1. The first kappa shape index (κ1) is 14.8. The third-order valence-electron chi connectivity index (χ3n) is 4.22. The molecule has 0 saturated carbocycles. The molecule has 0 fully saturated rings. The molecule has 2 heterocycles. The van der Waals surface area contributed by atoms with Crippen molar-refractivity contribution >= 4 is 21.9 Å². The second-order valence-corrected chi connectivity index (χ2v) is 5.68. The van der Waals surface area contributed by atoms with Crippen LogP contribution in [0.4, 0.5) is 8.78 Å². The van der Waals surface area contributed by atoms with Crippen molar-refractivity contribution in [3.63, 3.8) is 0 Å². The Morgan fingerprint density at radius 1 is 0.958 bits per heavy atom. The number of aromatic nitrogens is 2. The van der Waals surface area contributed by atoms with Gasteiger partial charge in [-0.2, -0.15) is 0 Å². The topological polar surface area (TPSA) is 38.1 Å². The Hall–Kier alpha value is -2.79. The summed E-state index contributed by atoms with van der Waals surface area (Å²) in [5, 5.41) is 11.1. The second kappa shape index (κ2) is 5.69. The van der Waals surface area contributed by atoms with Crippen LogP contribution >= 0.6 is 0 Å². The fourth-order valence-electron chi connectivity index (χ4n) is 3.05. The van der Waals surface area contributed by atoms with Crippen molar-refractivity contribution in [3.8, 4) is 0 Å². The smallest absolute Gasteiger partial charge is 0.141 e. The van der Waals surface area contributed by atoms with Gasteiger partial charge in [-0.15, -0.1) is 0 Å². The third-order valence-corrected chi connectivity index (χ3v) is 4.22. The van der Waals surface area contributed by atoms with E-state index in [9.17, 15) is 13.9 Å². The Kier molecular flexibility index (Phi) is 3.50. The number of benzene rings is 2. The zero-order valence-electron chi connectivity index (χ0n) is 12.7. The summed E-state index contributed by atoms with van der Waals surface area (Å²) in [7, 11) is 0. The maximum Gasteiger partial charge on any atom is 0.141 e. The van der Waals surface area contributed by atoms with E-state index in [4.69, 9.17) is 0 Å². The summed E-state index contributed by atoms with van der Waals surface area (Å²) in [6.45, 7) is -0.0572. The number of pyridine rings is 1. The van der Waals surface area contributed by atoms with E-state index in [-0.39, 0.29) is 18.7 Å². The molecule has 2 aromatic heterocycles. The highest BCUT2D eigenvalue weighted by molar-refractivity contribution is 6.06. The first-order valence-corrected chi connectivity index (χ1v) is 7.58. The van der Waals surface area contributed by atoms with Crippen molar-refractivity contribution in [2.75, 3.05) is 0 Å². The average molecular weight is 324 g/mol. The van der Waals surface area contributed by atoms with Gasteiger partial charge in [-0.1, -0.05) is 24.3 Å². The number of fused-ring (bicyclic) bond motifs is 3. The summed E-state index contributed by atoms with van der Waals surface area (Å²) in [6, 6.07) is 13.3. The minimum atomic E-state index is -0.576. The molecule has 0 radical (unpaired) electrons. The number of aliphatic hydroxyl groups excluding tert-OH is 1. The Bertz CT molecular complexity index is 1040. The van der Waals surface area contributed by atoms with Crippen LogP contribution in [0.15, 0.2) is 54.7 Å². The Labute approximate surface area is 136 Å². The van der Waals surface area contributed by atoms with Crippen LogP contribution in [0, 0.1) is 11.6 Å². The highest BCUT2D eigenvalue weighted by Gasteiger charge is 2.16. The summed E-state index contributed by atoms with van der Waals surface area (Å²) >= 11 is 0. The number of para-hydroxylation sites is 1. The molecule has 0 atom stereocenters. The lowest BCUT2D eigenvalue weighted by Gasteiger charge is -2.09. The summed E-state index contributed by atoms with van der Waals surface area (Å²) < 4.78 is 29.9. The summed E-state index contributed by atoms with van der Waals surface area (Å²) in [4.78, 5) is 4.40. The number of nitrogens with zero attached hydrogens (tertiary/aromatic N) is 2.